The lowest BCUT2D eigenvalue weighted by atomic mass is 10.1. The molecule has 0 aliphatic heterocycles. The molecule has 0 unspecified atom stereocenters. The van der Waals surface area contributed by atoms with Crippen LogP contribution in [0.25, 0.3) is 0 Å². The monoisotopic (exact) mass is 269 g/mol. The van der Waals surface area contributed by atoms with Crippen molar-refractivity contribution in [2.45, 2.75) is 13.8 Å². The lowest BCUT2D eigenvalue weighted by Gasteiger charge is -2.09. The van der Waals surface area contributed by atoms with Gasteiger partial charge in [-0.25, -0.2) is 4.98 Å². The van der Waals surface area contributed by atoms with E-state index in [1.54, 1.807) is 19.1 Å². The maximum absolute atomic E-state index is 10.9. The van der Waals surface area contributed by atoms with Crippen molar-refractivity contribution in [1.82, 2.24) is 4.98 Å². The fourth-order valence-electron chi connectivity index (χ4n) is 1.76. The van der Waals surface area contributed by atoms with E-state index in [0.717, 1.165) is 5.56 Å². The molecule has 2 rings (SSSR count). The molecule has 0 bridgehead atoms. The van der Waals surface area contributed by atoms with Gasteiger partial charge < -0.3 is 4.74 Å². The van der Waals surface area contributed by atoms with Crippen molar-refractivity contribution in [2.24, 2.45) is 0 Å². The van der Waals surface area contributed by atoms with E-state index in [4.69, 9.17) is 10.00 Å². The summed E-state index contributed by atoms with van der Waals surface area (Å²) in [5.74, 6) is 0.819. The van der Waals surface area contributed by atoms with Crippen molar-refractivity contribution < 1.29 is 9.66 Å². The van der Waals surface area contributed by atoms with E-state index in [-0.39, 0.29) is 11.4 Å². The van der Waals surface area contributed by atoms with Gasteiger partial charge in [0.05, 0.1) is 17.2 Å². The predicted molar refractivity (Wildman–Crippen MR) is 71.6 cm³/mol. The van der Waals surface area contributed by atoms with Gasteiger partial charge in [-0.1, -0.05) is 0 Å². The van der Waals surface area contributed by atoms with Gasteiger partial charge in [0.15, 0.2) is 0 Å². The fraction of sp³-hybridized carbons (Fsp3) is 0.143. The first-order valence-corrected chi connectivity index (χ1v) is 5.81. The smallest absolute Gasteiger partial charge is 0.276 e. The molecule has 6 heteroatoms. The molecule has 20 heavy (non-hydrogen) atoms. The van der Waals surface area contributed by atoms with Crippen LogP contribution in [0.2, 0.25) is 0 Å². The summed E-state index contributed by atoms with van der Waals surface area (Å²) in [5.41, 5.74) is 1.66. The number of nitrogens with zero attached hydrogens (tertiary/aromatic N) is 3. The number of hydrogen-bond acceptors (Lipinski definition) is 5. The molecule has 0 amide bonds. The van der Waals surface area contributed by atoms with E-state index < -0.39 is 4.92 Å². The Morgan fingerprint density at radius 3 is 2.60 bits per heavy atom. The summed E-state index contributed by atoms with van der Waals surface area (Å²) in [7, 11) is 0. The highest BCUT2D eigenvalue weighted by Crippen LogP contribution is 2.31. The van der Waals surface area contributed by atoms with Gasteiger partial charge in [-0.3, -0.25) is 10.1 Å². The van der Waals surface area contributed by atoms with Crippen LogP contribution in [0, 0.1) is 35.3 Å². The molecule has 0 spiro atoms. The SMILES string of the molecule is Cc1cc(C)c([N+](=O)[O-])cc1Oc1ccc(C#N)nc1. The summed E-state index contributed by atoms with van der Waals surface area (Å²) >= 11 is 0. The molecule has 6 nitrogen and oxygen atoms in total. The number of nitriles is 1. The molecule has 0 radical (unpaired) electrons. The Kier molecular flexibility index (Phi) is 3.62. The van der Waals surface area contributed by atoms with E-state index in [1.165, 1.54) is 18.3 Å². The number of pyridine rings is 1. The summed E-state index contributed by atoms with van der Waals surface area (Å²) in [5, 5.41) is 19.6. The van der Waals surface area contributed by atoms with Crippen LogP contribution >= 0.6 is 0 Å². The maximum atomic E-state index is 10.9. The second kappa shape index (κ2) is 5.36. The minimum Gasteiger partial charge on any atom is -0.455 e. The van der Waals surface area contributed by atoms with E-state index >= 15 is 0 Å². The number of aryl methyl sites for hydroxylation is 2. The number of nitro benzene ring substituents is 1. The van der Waals surface area contributed by atoms with Crippen molar-refractivity contribution >= 4 is 5.69 Å². The Morgan fingerprint density at radius 1 is 1.30 bits per heavy atom. The van der Waals surface area contributed by atoms with Crippen molar-refractivity contribution in [3.63, 3.8) is 0 Å². The fourth-order valence-corrected chi connectivity index (χ4v) is 1.76. The molecule has 0 atom stereocenters. The number of ether oxygens (including phenoxy) is 1. The van der Waals surface area contributed by atoms with Crippen LogP contribution in [0.3, 0.4) is 0 Å². The van der Waals surface area contributed by atoms with Gasteiger partial charge in [0.25, 0.3) is 5.69 Å². The van der Waals surface area contributed by atoms with Crippen molar-refractivity contribution in [2.75, 3.05) is 0 Å². The molecule has 1 aromatic carbocycles. The van der Waals surface area contributed by atoms with Crippen LogP contribution in [0.15, 0.2) is 30.5 Å². The largest absolute Gasteiger partial charge is 0.455 e. The second-order valence-electron chi connectivity index (χ2n) is 4.25. The van der Waals surface area contributed by atoms with Crippen LogP contribution in [0.4, 0.5) is 5.69 Å². The van der Waals surface area contributed by atoms with Gasteiger partial charge in [-0.05, 0) is 37.6 Å². The molecular formula is C14H11N3O3. The molecule has 0 aliphatic rings. The van der Waals surface area contributed by atoms with Gasteiger partial charge in [-0.15, -0.1) is 0 Å². The highest BCUT2D eigenvalue weighted by Gasteiger charge is 2.15. The number of rotatable bonds is 3. The standard InChI is InChI=1S/C14H11N3O3/c1-9-5-10(2)14(6-13(9)17(18)19)20-12-4-3-11(7-15)16-8-12/h3-6,8H,1-2H3. The quantitative estimate of drug-likeness (QED) is 0.630. The molecule has 1 heterocycles. The topological polar surface area (TPSA) is 89.0 Å². The first-order chi connectivity index (χ1) is 9.51. The highest BCUT2D eigenvalue weighted by molar-refractivity contribution is 5.50. The summed E-state index contributed by atoms with van der Waals surface area (Å²) in [4.78, 5) is 14.4. The first-order valence-electron chi connectivity index (χ1n) is 5.81. The number of aromatic nitrogens is 1. The van der Waals surface area contributed by atoms with Crippen LogP contribution in [-0.4, -0.2) is 9.91 Å². The lowest BCUT2D eigenvalue weighted by Crippen LogP contribution is -1.95. The number of hydrogen-bond donors (Lipinski definition) is 0. The Bertz CT molecular complexity index is 703. The Labute approximate surface area is 115 Å². The zero-order valence-electron chi connectivity index (χ0n) is 11.0. The second-order valence-corrected chi connectivity index (χ2v) is 4.25. The third-order valence-electron chi connectivity index (χ3n) is 2.77. The van der Waals surface area contributed by atoms with Crippen molar-refractivity contribution in [3.05, 3.63) is 57.4 Å². The van der Waals surface area contributed by atoms with Gasteiger partial charge in [0, 0.05) is 5.56 Å². The average molecular weight is 269 g/mol. The Morgan fingerprint density at radius 2 is 2.05 bits per heavy atom. The lowest BCUT2D eigenvalue weighted by molar-refractivity contribution is -0.385. The normalized spacial score (nSPS) is 9.85. The summed E-state index contributed by atoms with van der Waals surface area (Å²) in [6.45, 7) is 3.49. The first kappa shape index (κ1) is 13.5. The van der Waals surface area contributed by atoms with Crippen LogP contribution < -0.4 is 4.74 Å². The average Bonchev–Trinajstić information content (AvgIpc) is 2.42. The van der Waals surface area contributed by atoms with E-state index in [1.807, 2.05) is 13.0 Å². The number of nitro groups is 1. The molecule has 0 aliphatic carbocycles. The molecule has 0 saturated heterocycles. The molecule has 100 valence electrons. The molecule has 1 aromatic heterocycles. The summed E-state index contributed by atoms with van der Waals surface area (Å²) in [6, 6.07) is 8.11. The van der Waals surface area contributed by atoms with Crippen LogP contribution in [0.1, 0.15) is 16.8 Å². The highest BCUT2D eigenvalue weighted by atomic mass is 16.6. The third kappa shape index (κ3) is 2.72. The molecular weight excluding hydrogens is 258 g/mol. The van der Waals surface area contributed by atoms with E-state index in [0.29, 0.717) is 17.1 Å². The van der Waals surface area contributed by atoms with Crippen molar-refractivity contribution in [1.29, 1.82) is 5.26 Å². The molecule has 0 N–H and O–H groups in total. The van der Waals surface area contributed by atoms with E-state index in [2.05, 4.69) is 4.98 Å². The van der Waals surface area contributed by atoms with E-state index in [9.17, 15) is 10.1 Å². The van der Waals surface area contributed by atoms with Gasteiger partial charge in [0.1, 0.15) is 23.3 Å². The molecule has 0 fully saturated rings. The minimum atomic E-state index is -0.446. The molecule has 2 aromatic rings. The van der Waals surface area contributed by atoms with Gasteiger partial charge in [0.2, 0.25) is 0 Å². The van der Waals surface area contributed by atoms with Crippen LogP contribution in [0.5, 0.6) is 11.5 Å². The molecule has 0 saturated carbocycles. The third-order valence-corrected chi connectivity index (χ3v) is 2.77. The Hall–Kier alpha value is -2.94. The zero-order valence-corrected chi connectivity index (χ0v) is 11.0. The summed E-state index contributed by atoms with van der Waals surface area (Å²) < 4.78 is 5.58. The van der Waals surface area contributed by atoms with Crippen molar-refractivity contribution in [3.8, 4) is 17.6 Å². The van der Waals surface area contributed by atoms with Gasteiger partial charge in [-0.2, -0.15) is 5.26 Å². The van der Waals surface area contributed by atoms with Gasteiger partial charge >= 0.3 is 0 Å². The summed E-state index contributed by atoms with van der Waals surface area (Å²) in [6.07, 6.45) is 1.41. The van der Waals surface area contributed by atoms with Crippen LogP contribution in [-0.2, 0) is 0 Å². The predicted octanol–water partition coefficient (Wildman–Crippen LogP) is 3.27. The minimum absolute atomic E-state index is 0.00667. The zero-order chi connectivity index (χ0) is 14.7. The maximum Gasteiger partial charge on any atom is 0.276 e. The Balaban J connectivity index is 2.35. The number of benzene rings is 1.